The molecule has 0 saturated carbocycles. The highest BCUT2D eigenvalue weighted by Gasteiger charge is 2.07. The molecule has 4 heteroatoms. The lowest BCUT2D eigenvalue weighted by Gasteiger charge is -2.12. The molecule has 0 aromatic heterocycles. The number of ether oxygens (including phenoxy) is 2. The van der Waals surface area contributed by atoms with Gasteiger partial charge in [0.15, 0.2) is 0 Å². The van der Waals surface area contributed by atoms with Crippen LogP contribution in [0.15, 0.2) is 40.9 Å². The van der Waals surface area contributed by atoms with E-state index in [0.717, 1.165) is 27.1 Å². The third kappa shape index (κ3) is 3.31. The van der Waals surface area contributed by atoms with Crippen molar-refractivity contribution in [3.8, 4) is 17.6 Å². The maximum absolute atomic E-state index is 8.95. The van der Waals surface area contributed by atoms with Crippen LogP contribution in [0.3, 0.4) is 0 Å². The highest BCUT2D eigenvalue weighted by molar-refractivity contribution is 9.10. The number of benzene rings is 2. The number of nitrogens with zero attached hydrogens (tertiary/aromatic N) is 1. The first-order valence-corrected chi connectivity index (χ1v) is 6.89. The van der Waals surface area contributed by atoms with Crippen LogP contribution < -0.4 is 9.47 Å². The summed E-state index contributed by atoms with van der Waals surface area (Å²) in [5.41, 5.74) is 2.50. The molecule has 0 spiro atoms. The van der Waals surface area contributed by atoms with Crippen molar-refractivity contribution in [3.63, 3.8) is 0 Å². The van der Waals surface area contributed by atoms with Gasteiger partial charge in [-0.25, -0.2) is 0 Å². The molecule has 0 radical (unpaired) electrons. The van der Waals surface area contributed by atoms with Gasteiger partial charge in [-0.1, -0.05) is 15.9 Å². The van der Waals surface area contributed by atoms with Crippen molar-refractivity contribution in [1.29, 1.82) is 5.26 Å². The van der Waals surface area contributed by atoms with Crippen molar-refractivity contribution in [1.82, 2.24) is 0 Å². The predicted octanol–water partition coefficient (Wildman–Crippen LogP) is 4.22. The molecule has 3 nitrogen and oxygen atoms in total. The van der Waals surface area contributed by atoms with Gasteiger partial charge in [0.05, 0.1) is 18.7 Å². The Morgan fingerprint density at radius 3 is 2.55 bits per heavy atom. The van der Waals surface area contributed by atoms with E-state index in [1.165, 1.54) is 0 Å². The molecular weight excluding hydrogens is 318 g/mol. The fourth-order valence-electron chi connectivity index (χ4n) is 1.89. The van der Waals surface area contributed by atoms with E-state index in [1.807, 2.05) is 25.1 Å². The first-order valence-electron chi connectivity index (χ1n) is 6.10. The molecule has 102 valence electrons. The van der Waals surface area contributed by atoms with Crippen LogP contribution in [0.2, 0.25) is 0 Å². The standard InChI is InChI=1S/C16H14BrNO2/c1-11-7-14(17)4-6-15(11)20-10-13-8-12(9-18)3-5-16(13)19-2/h3-8H,10H2,1-2H3. The smallest absolute Gasteiger partial charge is 0.125 e. The Bertz CT molecular complexity index is 662. The number of halogens is 1. The minimum Gasteiger partial charge on any atom is -0.496 e. The number of nitriles is 1. The van der Waals surface area contributed by atoms with Gasteiger partial charge in [0.25, 0.3) is 0 Å². The minimum absolute atomic E-state index is 0.362. The minimum atomic E-state index is 0.362. The zero-order valence-electron chi connectivity index (χ0n) is 11.3. The van der Waals surface area contributed by atoms with Crippen molar-refractivity contribution < 1.29 is 9.47 Å². The summed E-state index contributed by atoms with van der Waals surface area (Å²) in [4.78, 5) is 0. The number of hydrogen-bond acceptors (Lipinski definition) is 3. The van der Waals surface area contributed by atoms with Crippen molar-refractivity contribution in [3.05, 3.63) is 57.6 Å². The Balaban J connectivity index is 2.20. The van der Waals surface area contributed by atoms with E-state index in [9.17, 15) is 0 Å². The van der Waals surface area contributed by atoms with Gasteiger partial charge in [-0.15, -0.1) is 0 Å². The number of rotatable bonds is 4. The van der Waals surface area contributed by atoms with Gasteiger partial charge in [-0.3, -0.25) is 0 Å². The number of aryl methyl sites for hydroxylation is 1. The molecule has 2 aromatic carbocycles. The molecule has 0 aliphatic rings. The summed E-state index contributed by atoms with van der Waals surface area (Å²) in [6, 6.07) is 13.3. The molecule has 0 saturated heterocycles. The second kappa shape index (κ2) is 6.44. The second-order valence-corrected chi connectivity index (χ2v) is 5.25. The third-order valence-corrected chi connectivity index (χ3v) is 3.42. The van der Waals surface area contributed by atoms with Gasteiger partial charge in [0.1, 0.15) is 18.1 Å². The Hall–Kier alpha value is -1.99. The van der Waals surface area contributed by atoms with E-state index >= 15 is 0 Å². The quantitative estimate of drug-likeness (QED) is 0.842. The summed E-state index contributed by atoms with van der Waals surface area (Å²) in [6.07, 6.45) is 0. The summed E-state index contributed by atoms with van der Waals surface area (Å²) in [5.74, 6) is 1.54. The van der Waals surface area contributed by atoms with Crippen LogP contribution in [-0.4, -0.2) is 7.11 Å². The van der Waals surface area contributed by atoms with Crippen LogP contribution >= 0.6 is 15.9 Å². The summed E-state index contributed by atoms with van der Waals surface area (Å²) in [7, 11) is 1.61. The van der Waals surface area contributed by atoms with E-state index in [0.29, 0.717) is 12.2 Å². The fourth-order valence-corrected chi connectivity index (χ4v) is 2.37. The maximum atomic E-state index is 8.95. The topological polar surface area (TPSA) is 42.2 Å². The van der Waals surface area contributed by atoms with Crippen LogP contribution in [0.25, 0.3) is 0 Å². The number of hydrogen-bond donors (Lipinski definition) is 0. The molecule has 0 unspecified atom stereocenters. The fraction of sp³-hybridized carbons (Fsp3) is 0.188. The van der Waals surface area contributed by atoms with Gasteiger partial charge in [-0.05, 0) is 48.9 Å². The SMILES string of the molecule is COc1ccc(C#N)cc1COc1ccc(Br)cc1C. The first-order chi connectivity index (χ1) is 9.63. The Morgan fingerprint density at radius 2 is 1.90 bits per heavy atom. The van der Waals surface area contributed by atoms with Crippen molar-refractivity contribution in [2.45, 2.75) is 13.5 Å². The largest absolute Gasteiger partial charge is 0.496 e. The van der Waals surface area contributed by atoms with E-state index in [-0.39, 0.29) is 0 Å². The van der Waals surface area contributed by atoms with Gasteiger partial charge in [0, 0.05) is 10.0 Å². The first kappa shape index (κ1) is 14.4. The molecule has 0 fully saturated rings. The van der Waals surface area contributed by atoms with E-state index < -0.39 is 0 Å². The third-order valence-electron chi connectivity index (χ3n) is 2.93. The molecule has 0 atom stereocenters. The van der Waals surface area contributed by atoms with Crippen LogP contribution in [0.4, 0.5) is 0 Å². The molecular formula is C16H14BrNO2. The van der Waals surface area contributed by atoms with Crippen LogP contribution in [0.1, 0.15) is 16.7 Å². The van der Waals surface area contributed by atoms with Crippen LogP contribution in [0.5, 0.6) is 11.5 Å². The van der Waals surface area contributed by atoms with Crippen molar-refractivity contribution >= 4 is 15.9 Å². The molecule has 20 heavy (non-hydrogen) atoms. The average Bonchev–Trinajstić information content (AvgIpc) is 2.46. The summed E-state index contributed by atoms with van der Waals surface area (Å²) in [5, 5.41) is 8.95. The van der Waals surface area contributed by atoms with Gasteiger partial charge >= 0.3 is 0 Å². The monoisotopic (exact) mass is 331 g/mol. The van der Waals surface area contributed by atoms with E-state index in [2.05, 4.69) is 22.0 Å². The molecule has 0 aliphatic carbocycles. The Morgan fingerprint density at radius 1 is 1.15 bits per heavy atom. The molecule has 0 amide bonds. The molecule has 0 N–H and O–H groups in total. The van der Waals surface area contributed by atoms with Crippen LogP contribution in [0, 0.1) is 18.3 Å². The second-order valence-electron chi connectivity index (χ2n) is 4.34. The lowest BCUT2D eigenvalue weighted by molar-refractivity contribution is 0.294. The molecule has 0 heterocycles. The van der Waals surface area contributed by atoms with Gasteiger partial charge in [-0.2, -0.15) is 5.26 Å². The van der Waals surface area contributed by atoms with Gasteiger partial charge in [0.2, 0.25) is 0 Å². The highest BCUT2D eigenvalue weighted by atomic mass is 79.9. The lowest BCUT2D eigenvalue weighted by Crippen LogP contribution is -2.00. The normalized spacial score (nSPS) is 9.90. The Labute approximate surface area is 126 Å². The lowest BCUT2D eigenvalue weighted by atomic mass is 10.1. The maximum Gasteiger partial charge on any atom is 0.125 e. The number of methoxy groups -OCH3 is 1. The molecule has 0 aliphatic heterocycles. The van der Waals surface area contributed by atoms with Crippen molar-refractivity contribution in [2.24, 2.45) is 0 Å². The van der Waals surface area contributed by atoms with E-state index in [4.69, 9.17) is 14.7 Å². The molecule has 2 rings (SSSR count). The molecule has 2 aromatic rings. The van der Waals surface area contributed by atoms with Gasteiger partial charge < -0.3 is 9.47 Å². The zero-order chi connectivity index (χ0) is 14.5. The average molecular weight is 332 g/mol. The van der Waals surface area contributed by atoms with Crippen molar-refractivity contribution in [2.75, 3.05) is 7.11 Å². The van der Waals surface area contributed by atoms with Crippen LogP contribution in [-0.2, 0) is 6.61 Å². The summed E-state index contributed by atoms with van der Waals surface area (Å²) < 4.78 is 12.1. The summed E-state index contributed by atoms with van der Waals surface area (Å²) >= 11 is 3.42. The molecule has 0 bridgehead atoms. The highest BCUT2D eigenvalue weighted by Crippen LogP contribution is 2.25. The predicted molar refractivity (Wildman–Crippen MR) is 80.9 cm³/mol. The Kier molecular flexibility index (Phi) is 4.65. The van der Waals surface area contributed by atoms with E-state index in [1.54, 1.807) is 25.3 Å². The zero-order valence-corrected chi connectivity index (χ0v) is 12.9. The summed E-state index contributed by atoms with van der Waals surface area (Å²) in [6.45, 7) is 2.35.